The number of nitrogens with one attached hydrogen (secondary N) is 1. The van der Waals surface area contributed by atoms with Gasteiger partial charge in [-0.15, -0.1) is 10.2 Å². The molecule has 14 heteroatoms. The Morgan fingerprint density at radius 2 is 1.89 bits per heavy atom. The molecule has 1 fully saturated rings. The number of hydrogen-bond donors (Lipinski definition) is 1. The molecule has 1 N–H and O–H groups in total. The van der Waals surface area contributed by atoms with Gasteiger partial charge in [-0.2, -0.15) is 18.2 Å². The van der Waals surface area contributed by atoms with E-state index in [1.165, 1.54) is 0 Å². The van der Waals surface area contributed by atoms with Crippen molar-refractivity contribution in [3.05, 3.63) is 46.9 Å². The van der Waals surface area contributed by atoms with E-state index in [1.807, 2.05) is 18.7 Å². The van der Waals surface area contributed by atoms with Gasteiger partial charge in [-0.05, 0) is 38.7 Å². The lowest BCUT2D eigenvalue weighted by Crippen LogP contribution is -2.34. The van der Waals surface area contributed by atoms with Crippen LogP contribution in [0.25, 0.3) is 0 Å². The summed E-state index contributed by atoms with van der Waals surface area (Å²) < 4.78 is 89.9. The number of fused-ring (bicyclic) bond motifs is 1. The van der Waals surface area contributed by atoms with E-state index in [9.17, 15) is 26.3 Å². The zero-order valence-corrected chi connectivity index (χ0v) is 21.0. The number of anilines is 2. The molecular formula is C24H27F6N7O. The van der Waals surface area contributed by atoms with Gasteiger partial charge in [0.2, 0.25) is 11.8 Å². The molecule has 38 heavy (non-hydrogen) atoms. The quantitative estimate of drug-likeness (QED) is 0.296. The molecule has 0 bridgehead atoms. The highest BCUT2D eigenvalue weighted by molar-refractivity contribution is 5.38. The summed E-state index contributed by atoms with van der Waals surface area (Å²) in [6, 6.07) is 0.0890. The molecule has 5 rings (SSSR count). The van der Waals surface area contributed by atoms with Crippen molar-refractivity contribution in [1.82, 2.24) is 25.0 Å². The number of halogens is 6. The maximum absolute atomic E-state index is 14.6. The highest BCUT2D eigenvalue weighted by atomic mass is 19.4. The first-order chi connectivity index (χ1) is 18.0. The third-order valence-electron chi connectivity index (χ3n) is 7.68. The van der Waals surface area contributed by atoms with Gasteiger partial charge < -0.3 is 14.6 Å². The summed E-state index contributed by atoms with van der Waals surface area (Å²) in [5, 5.41) is 15.2. The molecule has 3 unspecified atom stereocenters. The second-order valence-corrected chi connectivity index (χ2v) is 9.92. The Morgan fingerprint density at radius 1 is 1.13 bits per heavy atom. The van der Waals surface area contributed by atoms with Crippen LogP contribution in [0, 0.1) is 29.8 Å². The molecule has 0 saturated heterocycles. The monoisotopic (exact) mass is 543 g/mol. The zero-order valence-electron chi connectivity index (χ0n) is 21.0. The SMILES string of the molecule is CCN(CC1(CC)C[C@@H]1Nc1nc2n(n1)C(C(F)(F)F)CCC2c1ccc(F)c(F)c1F)c1nnc(C)o1. The number of aryl methyl sites for hydroxylation is 1. The molecule has 1 aliphatic carbocycles. The minimum absolute atomic E-state index is 0.0267. The molecule has 1 aliphatic heterocycles. The number of benzene rings is 1. The van der Waals surface area contributed by atoms with Crippen molar-refractivity contribution in [1.29, 1.82) is 0 Å². The highest BCUT2D eigenvalue weighted by Gasteiger charge is 2.55. The molecule has 3 aromatic rings. The Labute approximate surface area is 214 Å². The second kappa shape index (κ2) is 9.45. The predicted molar refractivity (Wildman–Crippen MR) is 124 cm³/mol. The van der Waals surface area contributed by atoms with E-state index < -0.39 is 42.0 Å². The fourth-order valence-electron chi connectivity index (χ4n) is 5.34. The van der Waals surface area contributed by atoms with Gasteiger partial charge in [-0.25, -0.2) is 17.9 Å². The lowest BCUT2D eigenvalue weighted by molar-refractivity contribution is -0.175. The normalized spacial score (nSPS) is 24.8. The molecule has 1 aromatic carbocycles. The van der Waals surface area contributed by atoms with Crippen LogP contribution in [0.5, 0.6) is 0 Å². The minimum Gasteiger partial charge on any atom is -0.408 e. The Kier molecular flexibility index (Phi) is 6.54. The first-order valence-corrected chi connectivity index (χ1v) is 12.5. The topological polar surface area (TPSA) is 84.9 Å². The van der Waals surface area contributed by atoms with Crippen LogP contribution in [-0.4, -0.2) is 50.3 Å². The summed E-state index contributed by atoms with van der Waals surface area (Å²) in [5.41, 5.74) is -0.494. The molecule has 3 heterocycles. The van der Waals surface area contributed by atoms with E-state index in [0.29, 0.717) is 31.4 Å². The third-order valence-corrected chi connectivity index (χ3v) is 7.68. The van der Waals surface area contributed by atoms with Crippen LogP contribution in [0.4, 0.5) is 38.3 Å². The van der Waals surface area contributed by atoms with Gasteiger partial charge in [0.05, 0.1) is 0 Å². The van der Waals surface area contributed by atoms with Crippen LogP contribution in [0.1, 0.15) is 68.8 Å². The number of rotatable bonds is 8. The maximum Gasteiger partial charge on any atom is 0.410 e. The van der Waals surface area contributed by atoms with Gasteiger partial charge in [0.15, 0.2) is 17.5 Å². The van der Waals surface area contributed by atoms with Crippen LogP contribution in [-0.2, 0) is 0 Å². The highest BCUT2D eigenvalue weighted by Crippen LogP contribution is 2.52. The van der Waals surface area contributed by atoms with Crippen LogP contribution in [0.3, 0.4) is 0 Å². The van der Waals surface area contributed by atoms with Crippen LogP contribution in [0.15, 0.2) is 16.5 Å². The van der Waals surface area contributed by atoms with E-state index >= 15 is 0 Å². The molecule has 2 aliphatic rings. The van der Waals surface area contributed by atoms with E-state index in [1.54, 1.807) is 6.92 Å². The summed E-state index contributed by atoms with van der Waals surface area (Å²) in [4.78, 5) is 6.25. The van der Waals surface area contributed by atoms with Gasteiger partial charge in [0.25, 0.3) is 0 Å². The lowest BCUT2D eigenvalue weighted by Gasteiger charge is -2.30. The van der Waals surface area contributed by atoms with Crippen molar-refractivity contribution in [3.8, 4) is 0 Å². The first kappa shape index (κ1) is 26.3. The Morgan fingerprint density at radius 3 is 2.53 bits per heavy atom. The average molecular weight is 544 g/mol. The third kappa shape index (κ3) is 4.57. The summed E-state index contributed by atoms with van der Waals surface area (Å²) in [6.07, 6.45) is -3.70. The number of aromatic nitrogens is 5. The molecule has 4 atom stereocenters. The largest absolute Gasteiger partial charge is 0.410 e. The standard InChI is InChI=1S/C24H27F6N7O/c1-4-23(11-36(5-2)22-34-33-12(3)38-22)10-16(23)31-21-32-20-14(13-6-8-15(25)19(27)18(13)26)7-9-17(24(28,29)30)37(20)35-21/h6,8,14,16-17H,4-5,7,9-11H2,1-3H3,(H,31,35)/t14?,16-,17?,23?/m0/s1. The molecule has 0 amide bonds. The van der Waals surface area contributed by atoms with Gasteiger partial charge in [0.1, 0.15) is 11.9 Å². The Bertz CT molecular complexity index is 1320. The molecule has 0 radical (unpaired) electrons. The van der Waals surface area contributed by atoms with E-state index in [0.717, 1.165) is 23.2 Å². The van der Waals surface area contributed by atoms with Crippen molar-refractivity contribution in [2.24, 2.45) is 5.41 Å². The molecule has 0 spiro atoms. The number of nitrogens with zero attached hydrogens (tertiary/aromatic N) is 6. The van der Waals surface area contributed by atoms with Crippen molar-refractivity contribution in [2.75, 3.05) is 23.3 Å². The molecule has 1 saturated carbocycles. The summed E-state index contributed by atoms with van der Waals surface area (Å²) >= 11 is 0. The first-order valence-electron chi connectivity index (χ1n) is 12.5. The minimum atomic E-state index is -4.62. The van der Waals surface area contributed by atoms with E-state index in [-0.39, 0.29) is 35.2 Å². The van der Waals surface area contributed by atoms with Crippen molar-refractivity contribution >= 4 is 12.0 Å². The van der Waals surface area contributed by atoms with Crippen molar-refractivity contribution in [3.63, 3.8) is 0 Å². The number of alkyl halides is 3. The second-order valence-electron chi connectivity index (χ2n) is 9.92. The van der Waals surface area contributed by atoms with Gasteiger partial charge in [-0.3, -0.25) is 0 Å². The van der Waals surface area contributed by atoms with Crippen LogP contribution < -0.4 is 10.2 Å². The molecular weight excluding hydrogens is 516 g/mol. The smallest absolute Gasteiger partial charge is 0.408 e. The van der Waals surface area contributed by atoms with E-state index in [4.69, 9.17) is 4.42 Å². The maximum atomic E-state index is 14.6. The summed E-state index contributed by atoms with van der Waals surface area (Å²) in [6.45, 7) is 6.85. The van der Waals surface area contributed by atoms with Crippen LogP contribution in [0.2, 0.25) is 0 Å². The predicted octanol–water partition coefficient (Wildman–Crippen LogP) is 5.52. The van der Waals surface area contributed by atoms with Gasteiger partial charge >= 0.3 is 12.2 Å². The molecule has 8 nitrogen and oxygen atoms in total. The fraction of sp³-hybridized carbons (Fsp3) is 0.583. The van der Waals surface area contributed by atoms with E-state index in [2.05, 4.69) is 25.6 Å². The van der Waals surface area contributed by atoms with Crippen molar-refractivity contribution in [2.45, 2.75) is 70.6 Å². The fourth-order valence-corrected chi connectivity index (χ4v) is 5.34. The van der Waals surface area contributed by atoms with Crippen LogP contribution >= 0.6 is 0 Å². The Hall–Kier alpha value is -3.32. The zero-order chi connectivity index (χ0) is 27.4. The van der Waals surface area contributed by atoms with Gasteiger partial charge in [0, 0.05) is 43.0 Å². The summed E-state index contributed by atoms with van der Waals surface area (Å²) in [5.74, 6) is -5.24. The lowest BCUT2D eigenvalue weighted by atomic mass is 9.88. The number of hydrogen-bond acceptors (Lipinski definition) is 7. The van der Waals surface area contributed by atoms with Gasteiger partial charge in [-0.1, -0.05) is 18.1 Å². The average Bonchev–Trinajstić information content (AvgIpc) is 3.15. The van der Waals surface area contributed by atoms with Crippen molar-refractivity contribution < 1.29 is 30.8 Å². The Balaban J connectivity index is 1.42. The summed E-state index contributed by atoms with van der Waals surface area (Å²) in [7, 11) is 0. The molecule has 2 aromatic heterocycles. The molecule has 206 valence electrons.